The molecule has 2 aromatic carbocycles. The van der Waals surface area contributed by atoms with Crippen LogP contribution in [0, 0.1) is 6.92 Å². The first-order chi connectivity index (χ1) is 16.5. The molecule has 174 valence electrons. The molecule has 0 spiro atoms. The number of aromatic hydroxyl groups is 1. The Hall–Kier alpha value is -4.00. The van der Waals surface area contributed by atoms with E-state index in [4.69, 9.17) is 9.15 Å². The Morgan fingerprint density at radius 1 is 1.21 bits per heavy atom. The van der Waals surface area contributed by atoms with Gasteiger partial charge in [-0.2, -0.15) is 0 Å². The number of H-pyrrole nitrogens is 1. The van der Waals surface area contributed by atoms with Crippen LogP contribution in [0.1, 0.15) is 40.7 Å². The molecule has 7 nitrogen and oxygen atoms in total. The zero-order valence-electron chi connectivity index (χ0n) is 19.1. The van der Waals surface area contributed by atoms with Crippen LogP contribution >= 0.6 is 0 Å². The van der Waals surface area contributed by atoms with Gasteiger partial charge in [0.25, 0.3) is 0 Å². The second-order valence-corrected chi connectivity index (χ2v) is 8.63. The van der Waals surface area contributed by atoms with Crippen LogP contribution in [0.25, 0.3) is 10.9 Å². The van der Waals surface area contributed by atoms with Gasteiger partial charge in [-0.15, -0.1) is 0 Å². The second kappa shape index (κ2) is 8.74. The highest BCUT2D eigenvalue weighted by molar-refractivity contribution is 5.86. The minimum absolute atomic E-state index is 0.0237. The fourth-order valence-electron chi connectivity index (χ4n) is 4.87. The number of hydrogen-bond donors (Lipinski definition) is 2. The van der Waals surface area contributed by atoms with Crippen LogP contribution in [-0.4, -0.2) is 34.6 Å². The number of ether oxygens (including phenoxy) is 1. The second-order valence-electron chi connectivity index (χ2n) is 8.63. The zero-order chi connectivity index (χ0) is 23.8. The quantitative estimate of drug-likeness (QED) is 0.466. The maximum Gasteiger partial charge on any atom is 0.227 e. The van der Waals surface area contributed by atoms with E-state index in [0.29, 0.717) is 30.2 Å². The predicted octanol–water partition coefficient (Wildman–Crippen LogP) is 4.25. The number of aryl methyl sites for hydroxylation is 1. The van der Waals surface area contributed by atoms with Gasteiger partial charge >= 0.3 is 0 Å². The van der Waals surface area contributed by atoms with Crippen molar-refractivity contribution in [1.82, 2.24) is 9.88 Å². The molecule has 2 aromatic heterocycles. The normalized spacial score (nSPS) is 14.1. The van der Waals surface area contributed by atoms with Crippen LogP contribution in [-0.2, 0) is 17.8 Å². The molecule has 5 rings (SSSR count). The first-order valence-corrected chi connectivity index (χ1v) is 11.3. The number of carbonyl (C=O) groups excluding carboxylic acids is 1. The molecule has 0 saturated carbocycles. The number of nitrogens with one attached hydrogen (secondary N) is 1. The summed E-state index contributed by atoms with van der Waals surface area (Å²) in [4.78, 5) is 31.1. The van der Waals surface area contributed by atoms with Gasteiger partial charge < -0.3 is 24.1 Å². The Kier molecular flexibility index (Phi) is 5.61. The molecule has 1 amide bonds. The van der Waals surface area contributed by atoms with Crippen molar-refractivity contribution in [2.24, 2.45) is 0 Å². The lowest BCUT2D eigenvalue weighted by Gasteiger charge is -2.29. The standard InChI is InChI=1S/C27H26N2O5/c1-16-13-23(30)26(32)27(34-16)20(19-8-4-6-10-24(19)33-2)14-25(31)29-12-11-18-17-7-3-5-9-21(17)28-22(18)15-29/h3-10,13,20,28,32H,11-12,14-15H2,1-2H3/t20-/m0/s1. The molecule has 0 radical (unpaired) electrons. The molecule has 0 bridgehead atoms. The molecule has 0 fully saturated rings. The number of rotatable bonds is 5. The van der Waals surface area contributed by atoms with Crippen LogP contribution in [0.4, 0.5) is 0 Å². The first kappa shape index (κ1) is 21.8. The van der Waals surface area contributed by atoms with E-state index in [2.05, 4.69) is 11.1 Å². The Morgan fingerprint density at radius 2 is 1.97 bits per heavy atom. The highest BCUT2D eigenvalue weighted by Crippen LogP contribution is 2.38. The van der Waals surface area contributed by atoms with Crippen LogP contribution < -0.4 is 10.2 Å². The number of nitrogens with zero attached hydrogens (tertiary/aromatic N) is 1. The predicted molar refractivity (Wildman–Crippen MR) is 128 cm³/mol. The Labute approximate surface area is 196 Å². The van der Waals surface area contributed by atoms with E-state index in [1.165, 1.54) is 17.0 Å². The summed E-state index contributed by atoms with van der Waals surface area (Å²) in [5.74, 6) is -0.257. The van der Waals surface area contributed by atoms with E-state index in [-0.39, 0.29) is 18.1 Å². The van der Waals surface area contributed by atoms with E-state index in [1.54, 1.807) is 20.1 Å². The van der Waals surface area contributed by atoms with Crippen molar-refractivity contribution in [3.05, 3.63) is 93.2 Å². The van der Waals surface area contributed by atoms with Crippen LogP contribution in [0.5, 0.6) is 11.5 Å². The van der Waals surface area contributed by atoms with Gasteiger partial charge in [0.2, 0.25) is 17.1 Å². The molecule has 1 aliphatic heterocycles. The van der Waals surface area contributed by atoms with Gasteiger partial charge in [0.1, 0.15) is 11.5 Å². The van der Waals surface area contributed by atoms with E-state index < -0.39 is 17.1 Å². The summed E-state index contributed by atoms with van der Waals surface area (Å²) in [5, 5.41) is 11.8. The lowest BCUT2D eigenvalue weighted by molar-refractivity contribution is -0.132. The molecular weight excluding hydrogens is 432 g/mol. The van der Waals surface area contributed by atoms with Crippen molar-refractivity contribution in [3.63, 3.8) is 0 Å². The number of amides is 1. The number of benzene rings is 2. The Balaban J connectivity index is 1.49. The summed E-state index contributed by atoms with van der Waals surface area (Å²) in [5.41, 5.74) is 3.50. The number of aromatic amines is 1. The minimum atomic E-state index is -0.680. The number of para-hydroxylation sites is 2. The average molecular weight is 459 g/mol. The highest BCUT2D eigenvalue weighted by Gasteiger charge is 2.31. The molecule has 4 aromatic rings. The molecular formula is C27H26N2O5. The molecule has 0 aliphatic carbocycles. The Bertz CT molecular complexity index is 1430. The summed E-state index contributed by atoms with van der Waals surface area (Å²) in [6, 6.07) is 16.7. The summed E-state index contributed by atoms with van der Waals surface area (Å²) in [6.45, 7) is 2.72. The van der Waals surface area contributed by atoms with Gasteiger partial charge in [0.15, 0.2) is 5.76 Å². The largest absolute Gasteiger partial charge is 0.502 e. The molecule has 1 aliphatic rings. The van der Waals surface area contributed by atoms with E-state index in [1.807, 2.05) is 41.3 Å². The molecule has 2 N–H and O–H groups in total. The van der Waals surface area contributed by atoms with Gasteiger partial charge in [0.05, 0.1) is 19.6 Å². The highest BCUT2D eigenvalue weighted by atomic mass is 16.5. The lowest BCUT2D eigenvalue weighted by atomic mass is 9.90. The molecule has 1 atom stereocenters. The van der Waals surface area contributed by atoms with Crippen molar-refractivity contribution in [3.8, 4) is 11.5 Å². The molecule has 0 unspecified atom stereocenters. The molecule has 7 heteroatoms. The summed E-state index contributed by atoms with van der Waals surface area (Å²) >= 11 is 0. The average Bonchev–Trinajstić information content (AvgIpc) is 3.22. The first-order valence-electron chi connectivity index (χ1n) is 11.3. The van der Waals surface area contributed by atoms with Crippen LogP contribution in [0.2, 0.25) is 0 Å². The fourth-order valence-corrected chi connectivity index (χ4v) is 4.87. The maximum atomic E-state index is 13.5. The van der Waals surface area contributed by atoms with Crippen molar-refractivity contribution < 1.29 is 19.1 Å². The SMILES string of the molecule is COc1ccccc1[C@H](CC(=O)N1CCc2c([nH]c3ccccc23)C1)c1oc(C)cc(=O)c1O. The van der Waals surface area contributed by atoms with Gasteiger partial charge in [0, 0.05) is 41.2 Å². The maximum absolute atomic E-state index is 13.5. The number of hydrogen-bond acceptors (Lipinski definition) is 5. The third kappa shape index (κ3) is 3.83. The van der Waals surface area contributed by atoms with E-state index in [0.717, 1.165) is 17.6 Å². The monoisotopic (exact) mass is 458 g/mol. The smallest absolute Gasteiger partial charge is 0.227 e. The van der Waals surface area contributed by atoms with E-state index >= 15 is 0 Å². The molecule has 0 saturated heterocycles. The van der Waals surface area contributed by atoms with Gasteiger partial charge in [-0.25, -0.2) is 0 Å². The third-order valence-corrected chi connectivity index (χ3v) is 6.52. The number of aromatic nitrogens is 1. The van der Waals surface area contributed by atoms with Crippen LogP contribution in [0.15, 0.2) is 63.8 Å². The summed E-state index contributed by atoms with van der Waals surface area (Å²) < 4.78 is 11.3. The van der Waals surface area contributed by atoms with Gasteiger partial charge in [-0.1, -0.05) is 36.4 Å². The molecule has 3 heterocycles. The zero-order valence-corrected chi connectivity index (χ0v) is 19.1. The number of fused-ring (bicyclic) bond motifs is 3. The third-order valence-electron chi connectivity index (χ3n) is 6.52. The van der Waals surface area contributed by atoms with Crippen molar-refractivity contribution in [2.75, 3.05) is 13.7 Å². The molecule has 34 heavy (non-hydrogen) atoms. The number of carbonyl (C=O) groups is 1. The lowest BCUT2D eigenvalue weighted by Crippen LogP contribution is -2.36. The summed E-state index contributed by atoms with van der Waals surface area (Å²) in [6.07, 6.45) is 0.783. The Morgan fingerprint density at radius 3 is 2.79 bits per heavy atom. The van der Waals surface area contributed by atoms with E-state index in [9.17, 15) is 14.7 Å². The number of methoxy groups -OCH3 is 1. The van der Waals surface area contributed by atoms with Crippen molar-refractivity contribution >= 4 is 16.8 Å². The minimum Gasteiger partial charge on any atom is -0.502 e. The topological polar surface area (TPSA) is 95.8 Å². The van der Waals surface area contributed by atoms with Crippen LogP contribution in [0.3, 0.4) is 0 Å². The van der Waals surface area contributed by atoms with Gasteiger partial charge in [-0.05, 0) is 31.0 Å². The van der Waals surface area contributed by atoms with Crippen molar-refractivity contribution in [1.29, 1.82) is 0 Å². The van der Waals surface area contributed by atoms with Crippen molar-refractivity contribution in [2.45, 2.75) is 32.2 Å². The fraction of sp³-hybridized carbons (Fsp3) is 0.259. The van der Waals surface area contributed by atoms with Gasteiger partial charge in [-0.3, -0.25) is 9.59 Å². The summed E-state index contributed by atoms with van der Waals surface area (Å²) in [7, 11) is 1.55.